The molecule has 1 amide bonds. The molecule has 0 saturated heterocycles. The number of rotatable bonds is 5. The van der Waals surface area contributed by atoms with Gasteiger partial charge >= 0.3 is 6.18 Å². The largest absolute Gasteiger partial charge is 0.405 e. The van der Waals surface area contributed by atoms with Gasteiger partial charge in [0.05, 0.1) is 0 Å². The van der Waals surface area contributed by atoms with Crippen LogP contribution in [-0.4, -0.2) is 23.2 Å². The first kappa shape index (κ1) is 14.6. The number of nitrogens with two attached hydrogens (primary N) is 1. The van der Waals surface area contributed by atoms with Crippen LogP contribution < -0.4 is 11.1 Å². The lowest BCUT2D eigenvalue weighted by molar-refractivity contribution is -0.138. The SMILES string of the molecule is CCC(N)c1ccn(CC(=O)NCC(F)(F)F)c1. The van der Waals surface area contributed by atoms with E-state index in [4.69, 9.17) is 5.73 Å². The highest BCUT2D eigenvalue weighted by atomic mass is 19.4. The predicted molar refractivity (Wildman–Crippen MR) is 60.7 cm³/mol. The summed E-state index contributed by atoms with van der Waals surface area (Å²) in [6.45, 7) is 0.471. The molecule has 0 aliphatic heterocycles. The molecule has 1 heterocycles. The molecule has 0 spiro atoms. The van der Waals surface area contributed by atoms with Crippen LogP contribution in [0.4, 0.5) is 13.2 Å². The van der Waals surface area contributed by atoms with Gasteiger partial charge in [0.15, 0.2) is 0 Å². The van der Waals surface area contributed by atoms with Crippen molar-refractivity contribution in [3.63, 3.8) is 0 Å². The lowest BCUT2D eigenvalue weighted by Gasteiger charge is -2.09. The number of aromatic nitrogens is 1. The highest BCUT2D eigenvalue weighted by molar-refractivity contribution is 5.75. The molecular weight excluding hydrogens is 247 g/mol. The Hall–Kier alpha value is -1.50. The number of halogens is 3. The molecule has 1 rings (SSSR count). The van der Waals surface area contributed by atoms with E-state index in [9.17, 15) is 18.0 Å². The summed E-state index contributed by atoms with van der Waals surface area (Å²) in [6, 6.07) is 1.63. The van der Waals surface area contributed by atoms with Gasteiger partial charge < -0.3 is 15.6 Å². The van der Waals surface area contributed by atoms with E-state index in [1.165, 1.54) is 4.57 Å². The van der Waals surface area contributed by atoms with Gasteiger partial charge in [0, 0.05) is 18.4 Å². The van der Waals surface area contributed by atoms with Crippen molar-refractivity contribution in [2.45, 2.75) is 32.1 Å². The average molecular weight is 263 g/mol. The maximum absolute atomic E-state index is 11.9. The van der Waals surface area contributed by atoms with Crippen LogP contribution in [0.5, 0.6) is 0 Å². The van der Waals surface area contributed by atoms with Crippen LogP contribution in [0.1, 0.15) is 24.9 Å². The van der Waals surface area contributed by atoms with Crippen LogP contribution >= 0.6 is 0 Å². The van der Waals surface area contributed by atoms with E-state index in [1.807, 2.05) is 12.2 Å². The molecular formula is C11H16F3N3O. The molecule has 1 aromatic heterocycles. The molecule has 0 aliphatic rings. The molecule has 0 radical (unpaired) electrons. The van der Waals surface area contributed by atoms with Gasteiger partial charge in [-0.1, -0.05) is 6.92 Å². The lowest BCUT2D eigenvalue weighted by atomic mass is 10.1. The van der Waals surface area contributed by atoms with Gasteiger partial charge in [0.2, 0.25) is 5.91 Å². The zero-order chi connectivity index (χ0) is 13.8. The number of hydrogen-bond donors (Lipinski definition) is 2. The lowest BCUT2D eigenvalue weighted by Crippen LogP contribution is -2.35. The molecule has 0 aromatic carbocycles. The van der Waals surface area contributed by atoms with Gasteiger partial charge in [-0.05, 0) is 18.1 Å². The van der Waals surface area contributed by atoms with Gasteiger partial charge in [0.25, 0.3) is 0 Å². The first-order valence-corrected chi connectivity index (χ1v) is 5.56. The molecule has 1 unspecified atom stereocenters. The summed E-state index contributed by atoms with van der Waals surface area (Å²) in [5, 5.41) is 1.81. The van der Waals surface area contributed by atoms with E-state index in [1.54, 1.807) is 18.5 Å². The Bertz CT molecular complexity index is 400. The number of carbonyl (C=O) groups excluding carboxylic acids is 1. The Morgan fingerprint density at radius 2 is 2.22 bits per heavy atom. The van der Waals surface area contributed by atoms with Gasteiger partial charge in [-0.15, -0.1) is 0 Å². The standard InChI is InChI=1S/C11H16F3N3O/c1-2-9(15)8-3-4-17(5-8)6-10(18)16-7-11(12,13)14/h3-5,9H,2,6-7,15H2,1H3,(H,16,18). The van der Waals surface area contributed by atoms with Crippen LogP contribution in [0.2, 0.25) is 0 Å². The van der Waals surface area contributed by atoms with Crippen molar-refractivity contribution in [1.29, 1.82) is 0 Å². The van der Waals surface area contributed by atoms with E-state index >= 15 is 0 Å². The second-order valence-electron chi connectivity index (χ2n) is 4.02. The molecule has 4 nitrogen and oxygen atoms in total. The number of alkyl halides is 3. The Labute approximate surface area is 103 Å². The zero-order valence-corrected chi connectivity index (χ0v) is 10.00. The molecule has 0 bridgehead atoms. The van der Waals surface area contributed by atoms with Crippen molar-refractivity contribution in [3.8, 4) is 0 Å². The Morgan fingerprint density at radius 1 is 1.56 bits per heavy atom. The minimum Gasteiger partial charge on any atom is -0.345 e. The molecule has 18 heavy (non-hydrogen) atoms. The molecule has 1 atom stereocenters. The molecule has 102 valence electrons. The van der Waals surface area contributed by atoms with E-state index < -0.39 is 18.6 Å². The monoisotopic (exact) mass is 263 g/mol. The maximum atomic E-state index is 11.9. The number of amides is 1. The van der Waals surface area contributed by atoms with Crippen molar-refractivity contribution in [2.75, 3.05) is 6.54 Å². The third-order valence-corrected chi connectivity index (χ3v) is 2.45. The van der Waals surface area contributed by atoms with Crippen molar-refractivity contribution in [1.82, 2.24) is 9.88 Å². The normalized spacial score (nSPS) is 13.4. The minimum atomic E-state index is -4.39. The van der Waals surface area contributed by atoms with Gasteiger partial charge in [-0.25, -0.2) is 0 Å². The maximum Gasteiger partial charge on any atom is 0.405 e. The third kappa shape index (κ3) is 4.79. The fraction of sp³-hybridized carbons (Fsp3) is 0.545. The molecule has 0 saturated carbocycles. The smallest absolute Gasteiger partial charge is 0.345 e. The molecule has 3 N–H and O–H groups in total. The average Bonchev–Trinajstić information content (AvgIpc) is 2.73. The quantitative estimate of drug-likeness (QED) is 0.847. The molecule has 0 fully saturated rings. The topological polar surface area (TPSA) is 60.0 Å². The minimum absolute atomic E-state index is 0.121. The Kier molecular flexibility index (Phi) is 4.77. The summed E-state index contributed by atoms with van der Waals surface area (Å²) in [5.41, 5.74) is 6.65. The van der Waals surface area contributed by atoms with E-state index in [0.717, 1.165) is 12.0 Å². The summed E-state index contributed by atoms with van der Waals surface area (Å²) in [5.74, 6) is -0.681. The summed E-state index contributed by atoms with van der Waals surface area (Å²) < 4.78 is 37.1. The first-order valence-electron chi connectivity index (χ1n) is 5.56. The second-order valence-corrected chi connectivity index (χ2v) is 4.02. The Morgan fingerprint density at radius 3 is 2.78 bits per heavy atom. The van der Waals surface area contributed by atoms with Gasteiger partial charge in [-0.3, -0.25) is 4.79 Å². The van der Waals surface area contributed by atoms with E-state index in [-0.39, 0.29) is 12.6 Å². The summed E-state index contributed by atoms with van der Waals surface area (Å²) in [7, 11) is 0. The number of nitrogens with zero attached hydrogens (tertiary/aromatic N) is 1. The molecule has 1 aromatic rings. The predicted octanol–water partition coefficient (Wildman–Crippen LogP) is 1.58. The number of hydrogen-bond acceptors (Lipinski definition) is 2. The summed E-state index contributed by atoms with van der Waals surface area (Å²) >= 11 is 0. The number of nitrogens with one attached hydrogen (secondary N) is 1. The molecule has 0 aliphatic carbocycles. The van der Waals surface area contributed by atoms with Crippen molar-refractivity contribution in [2.24, 2.45) is 5.73 Å². The fourth-order valence-electron chi connectivity index (χ4n) is 1.43. The van der Waals surface area contributed by atoms with Crippen LogP contribution in [0.25, 0.3) is 0 Å². The second kappa shape index (κ2) is 5.90. The highest BCUT2D eigenvalue weighted by Crippen LogP contribution is 2.14. The Balaban J connectivity index is 2.47. The van der Waals surface area contributed by atoms with Crippen molar-refractivity contribution >= 4 is 5.91 Å². The van der Waals surface area contributed by atoms with Crippen LogP contribution in [0, 0.1) is 0 Å². The summed E-state index contributed by atoms with van der Waals surface area (Å²) in [4.78, 5) is 11.2. The third-order valence-electron chi connectivity index (χ3n) is 2.45. The summed E-state index contributed by atoms with van der Waals surface area (Å²) in [6.07, 6.45) is -0.342. The highest BCUT2D eigenvalue weighted by Gasteiger charge is 2.27. The first-order chi connectivity index (χ1) is 8.31. The zero-order valence-electron chi connectivity index (χ0n) is 10.00. The van der Waals surface area contributed by atoms with Crippen LogP contribution in [-0.2, 0) is 11.3 Å². The molecule has 7 heteroatoms. The van der Waals surface area contributed by atoms with Crippen molar-refractivity contribution < 1.29 is 18.0 Å². The van der Waals surface area contributed by atoms with Crippen molar-refractivity contribution in [3.05, 3.63) is 24.0 Å². The van der Waals surface area contributed by atoms with E-state index in [0.29, 0.717) is 0 Å². The van der Waals surface area contributed by atoms with E-state index in [2.05, 4.69) is 0 Å². The number of carbonyl (C=O) groups is 1. The van der Waals surface area contributed by atoms with Crippen LogP contribution in [0.3, 0.4) is 0 Å². The fourth-order valence-corrected chi connectivity index (χ4v) is 1.43. The van der Waals surface area contributed by atoms with Gasteiger partial charge in [0.1, 0.15) is 13.1 Å². The van der Waals surface area contributed by atoms with Gasteiger partial charge in [-0.2, -0.15) is 13.2 Å². The van der Waals surface area contributed by atoms with Crippen LogP contribution in [0.15, 0.2) is 18.5 Å².